The third kappa shape index (κ3) is 3.04. The van der Waals surface area contributed by atoms with Crippen molar-refractivity contribution in [1.82, 2.24) is 5.32 Å². The number of nitrogens with one attached hydrogen (secondary N) is 1. The van der Waals surface area contributed by atoms with E-state index in [4.69, 9.17) is 9.15 Å². The number of hydrogen-bond donors (Lipinski definition) is 3. The van der Waals surface area contributed by atoms with Crippen molar-refractivity contribution in [3.8, 4) is 28.4 Å². The van der Waals surface area contributed by atoms with Crippen LogP contribution in [-0.2, 0) is 0 Å². The zero-order valence-corrected chi connectivity index (χ0v) is 13.1. The van der Waals surface area contributed by atoms with Gasteiger partial charge in [-0.3, -0.25) is 4.79 Å². The highest BCUT2D eigenvalue weighted by Crippen LogP contribution is 2.31. The van der Waals surface area contributed by atoms with E-state index in [0.29, 0.717) is 24.3 Å². The van der Waals surface area contributed by atoms with Gasteiger partial charge < -0.3 is 24.7 Å². The molecule has 1 aromatic heterocycles. The van der Waals surface area contributed by atoms with Crippen molar-refractivity contribution in [3.63, 3.8) is 0 Å². The quantitative estimate of drug-likeness (QED) is 0.624. The van der Waals surface area contributed by atoms with Crippen LogP contribution in [0.25, 0.3) is 22.1 Å². The topological polar surface area (TPSA) is 91.9 Å². The maximum atomic E-state index is 12.9. The summed E-state index contributed by atoms with van der Waals surface area (Å²) in [5, 5.41) is 22.4. The van der Waals surface area contributed by atoms with E-state index in [2.05, 4.69) is 5.32 Å². The molecule has 6 heteroatoms. The first-order valence-electron chi connectivity index (χ1n) is 7.45. The number of hydrogen-bond acceptors (Lipinski definition) is 6. The summed E-state index contributed by atoms with van der Waals surface area (Å²) in [6.07, 6.45) is 1.34. The largest absolute Gasteiger partial charge is 0.508 e. The van der Waals surface area contributed by atoms with E-state index in [-0.39, 0.29) is 33.6 Å². The van der Waals surface area contributed by atoms with Crippen LogP contribution >= 0.6 is 0 Å². The highest BCUT2D eigenvalue weighted by Gasteiger charge is 2.15. The third-order valence-electron chi connectivity index (χ3n) is 3.61. The third-order valence-corrected chi connectivity index (χ3v) is 3.61. The van der Waals surface area contributed by atoms with Gasteiger partial charge in [-0.05, 0) is 24.7 Å². The van der Waals surface area contributed by atoms with Crippen molar-refractivity contribution >= 4 is 11.0 Å². The van der Waals surface area contributed by atoms with Crippen LogP contribution in [0.3, 0.4) is 0 Å². The second-order valence-electron chi connectivity index (χ2n) is 5.29. The Morgan fingerprint density at radius 2 is 1.88 bits per heavy atom. The molecule has 0 fully saturated rings. The highest BCUT2D eigenvalue weighted by molar-refractivity contribution is 5.88. The molecule has 3 rings (SSSR count). The van der Waals surface area contributed by atoms with Gasteiger partial charge in [-0.25, -0.2) is 0 Å². The lowest BCUT2D eigenvalue weighted by Crippen LogP contribution is -2.17. The molecule has 0 spiro atoms. The molecule has 3 aromatic rings. The fourth-order valence-electron chi connectivity index (χ4n) is 2.42. The fourth-order valence-corrected chi connectivity index (χ4v) is 2.42. The van der Waals surface area contributed by atoms with E-state index >= 15 is 0 Å². The van der Waals surface area contributed by atoms with Crippen molar-refractivity contribution in [2.75, 3.05) is 20.2 Å². The minimum Gasteiger partial charge on any atom is -0.508 e. The van der Waals surface area contributed by atoms with Gasteiger partial charge in [0.15, 0.2) is 0 Å². The van der Waals surface area contributed by atoms with E-state index in [9.17, 15) is 15.0 Å². The number of aromatic hydroxyl groups is 2. The molecule has 124 valence electrons. The smallest absolute Gasteiger partial charge is 0.204 e. The Morgan fingerprint density at radius 3 is 2.58 bits per heavy atom. The van der Waals surface area contributed by atoms with E-state index in [0.717, 1.165) is 0 Å². The van der Waals surface area contributed by atoms with Gasteiger partial charge in [0.1, 0.15) is 41.1 Å². The maximum Gasteiger partial charge on any atom is 0.204 e. The Hall–Kier alpha value is -2.99. The molecule has 0 amide bonds. The second-order valence-corrected chi connectivity index (χ2v) is 5.29. The molecule has 0 unspecified atom stereocenters. The van der Waals surface area contributed by atoms with Crippen molar-refractivity contribution in [3.05, 3.63) is 52.9 Å². The van der Waals surface area contributed by atoms with Crippen LogP contribution in [0.4, 0.5) is 0 Å². The summed E-state index contributed by atoms with van der Waals surface area (Å²) in [4.78, 5) is 12.9. The minimum absolute atomic E-state index is 0.0394. The van der Waals surface area contributed by atoms with Crippen LogP contribution in [0.15, 0.2) is 51.9 Å². The molecule has 0 radical (unpaired) electrons. The normalized spacial score (nSPS) is 10.9. The lowest BCUT2D eigenvalue weighted by atomic mass is 10.0. The first-order chi connectivity index (χ1) is 11.6. The Bertz CT molecular complexity index is 915. The molecule has 1 heterocycles. The number of rotatable bonds is 5. The molecule has 0 aliphatic carbocycles. The molecule has 0 saturated heterocycles. The lowest BCUT2D eigenvalue weighted by Gasteiger charge is -2.10. The van der Waals surface area contributed by atoms with Gasteiger partial charge in [0, 0.05) is 18.7 Å². The van der Waals surface area contributed by atoms with Crippen molar-refractivity contribution < 1.29 is 19.4 Å². The second kappa shape index (κ2) is 6.64. The summed E-state index contributed by atoms with van der Waals surface area (Å²) in [5.41, 5.74) is 0.965. The number of likely N-dealkylation sites (N-methyl/N-ethyl adjacent to an activating group) is 1. The lowest BCUT2D eigenvalue weighted by molar-refractivity contribution is 0.319. The Balaban J connectivity index is 2.15. The van der Waals surface area contributed by atoms with Gasteiger partial charge in [0.2, 0.25) is 5.43 Å². The van der Waals surface area contributed by atoms with Crippen LogP contribution in [0, 0.1) is 0 Å². The summed E-state index contributed by atoms with van der Waals surface area (Å²) in [7, 11) is 1.79. The zero-order valence-electron chi connectivity index (χ0n) is 13.1. The van der Waals surface area contributed by atoms with Gasteiger partial charge >= 0.3 is 0 Å². The molecule has 0 bridgehead atoms. The van der Waals surface area contributed by atoms with E-state index in [1.54, 1.807) is 19.2 Å². The number of fused-ring (bicyclic) bond motifs is 1. The SMILES string of the molecule is CNCCOc1cc(O)cc2occ(-c3ccc(O)cc3)c(=O)c12. The van der Waals surface area contributed by atoms with Crippen molar-refractivity contribution in [2.45, 2.75) is 0 Å². The number of phenolic OH excluding ortho intramolecular Hbond substituents is 2. The number of benzene rings is 2. The fraction of sp³-hybridized carbons (Fsp3) is 0.167. The maximum absolute atomic E-state index is 12.9. The predicted octanol–water partition coefficient (Wildman–Crippen LogP) is 2.47. The van der Waals surface area contributed by atoms with Crippen molar-refractivity contribution in [2.24, 2.45) is 0 Å². The molecule has 0 saturated carbocycles. The molecule has 0 aliphatic rings. The summed E-state index contributed by atoms with van der Waals surface area (Å²) in [6.45, 7) is 0.943. The average molecular weight is 327 g/mol. The molecule has 0 atom stereocenters. The average Bonchev–Trinajstić information content (AvgIpc) is 2.56. The molecule has 24 heavy (non-hydrogen) atoms. The van der Waals surface area contributed by atoms with E-state index in [1.807, 2.05) is 0 Å². The predicted molar refractivity (Wildman–Crippen MR) is 90.7 cm³/mol. The summed E-state index contributed by atoms with van der Waals surface area (Å²) < 4.78 is 11.1. The van der Waals surface area contributed by atoms with Gasteiger partial charge in [0.05, 0.1) is 5.56 Å². The van der Waals surface area contributed by atoms with Crippen LogP contribution in [0.2, 0.25) is 0 Å². The monoisotopic (exact) mass is 327 g/mol. The van der Waals surface area contributed by atoms with E-state index < -0.39 is 0 Å². The first kappa shape index (κ1) is 15.9. The molecule has 6 nitrogen and oxygen atoms in total. The minimum atomic E-state index is -0.263. The van der Waals surface area contributed by atoms with Crippen LogP contribution < -0.4 is 15.5 Å². The molecule has 2 aromatic carbocycles. The summed E-state index contributed by atoms with van der Waals surface area (Å²) >= 11 is 0. The number of phenols is 2. The molecular weight excluding hydrogens is 310 g/mol. The Kier molecular flexibility index (Phi) is 4.39. The Morgan fingerprint density at radius 1 is 1.12 bits per heavy atom. The summed E-state index contributed by atoms with van der Waals surface area (Å²) in [5.74, 6) is 0.349. The zero-order chi connectivity index (χ0) is 17.1. The van der Waals surface area contributed by atoms with Gasteiger partial charge in [-0.15, -0.1) is 0 Å². The molecule has 3 N–H and O–H groups in total. The van der Waals surface area contributed by atoms with Gasteiger partial charge in [0.25, 0.3) is 0 Å². The molecule has 0 aliphatic heterocycles. The van der Waals surface area contributed by atoms with Crippen LogP contribution in [-0.4, -0.2) is 30.4 Å². The van der Waals surface area contributed by atoms with Crippen LogP contribution in [0.5, 0.6) is 17.2 Å². The van der Waals surface area contributed by atoms with Gasteiger partial charge in [-0.2, -0.15) is 0 Å². The number of ether oxygens (including phenoxy) is 1. The highest BCUT2D eigenvalue weighted by atomic mass is 16.5. The van der Waals surface area contributed by atoms with Crippen LogP contribution in [0.1, 0.15) is 0 Å². The van der Waals surface area contributed by atoms with Crippen molar-refractivity contribution in [1.29, 1.82) is 0 Å². The van der Waals surface area contributed by atoms with Gasteiger partial charge in [-0.1, -0.05) is 12.1 Å². The first-order valence-corrected chi connectivity index (χ1v) is 7.45. The summed E-state index contributed by atoms with van der Waals surface area (Å²) in [6, 6.07) is 9.04. The molecular formula is C18H17NO5. The van der Waals surface area contributed by atoms with E-state index in [1.165, 1.54) is 30.5 Å². The standard InChI is InChI=1S/C18H17NO5/c1-19-6-7-23-15-8-13(21)9-16-17(15)18(22)14(10-24-16)11-2-4-12(20)5-3-11/h2-5,8-10,19-21H,6-7H2,1H3. The Labute approximate surface area is 137 Å².